The summed E-state index contributed by atoms with van der Waals surface area (Å²) >= 11 is 3.35. The van der Waals surface area contributed by atoms with E-state index in [-0.39, 0.29) is 12.5 Å². The van der Waals surface area contributed by atoms with E-state index in [4.69, 9.17) is 9.47 Å². The summed E-state index contributed by atoms with van der Waals surface area (Å²) in [5, 5.41) is 12.1. The average Bonchev–Trinajstić information content (AvgIpc) is 3.19. The molecule has 0 aliphatic heterocycles. The number of carbonyl (C=O) groups excluding carboxylic acids is 1. The fraction of sp³-hybridized carbons (Fsp3) is 0.462. The van der Waals surface area contributed by atoms with Crippen LogP contribution in [0.5, 0.6) is 11.5 Å². The maximum atomic E-state index is 12.2. The first-order valence-corrected chi connectivity index (χ1v) is 6.69. The lowest BCUT2D eigenvalue weighted by molar-refractivity contribution is 0.0906. The number of halogens is 1. The van der Waals surface area contributed by atoms with E-state index in [9.17, 15) is 9.90 Å². The van der Waals surface area contributed by atoms with Crippen molar-refractivity contribution >= 4 is 21.8 Å². The van der Waals surface area contributed by atoms with Gasteiger partial charge in [0.2, 0.25) is 0 Å². The highest BCUT2D eigenvalue weighted by Gasteiger charge is 2.43. The molecule has 1 saturated carbocycles. The molecule has 1 aliphatic carbocycles. The fourth-order valence-electron chi connectivity index (χ4n) is 1.79. The van der Waals surface area contributed by atoms with Crippen LogP contribution in [0.2, 0.25) is 0 Å². The predicted octanol–water partition coefficient (Wildman–Crippen LogP) is 1.72. The third-order valence-corrected chi connectivity index (χ3v) is 4.02. The molecule has 0 unspecified atom stereocenters. The zero-order chi connectivity index (χ0) is 14.0. The SMILES string of the molecule is COc1cc(C(=O)NC2(CO)CC2)cc(OC)c1Br. The third-order valence-electron chi connectivity index (χ3n) is 3.24. The van der Waals surface area contributed by atoms with Gasteiger partial charge in [0.1, 0.15) is 16.0 Å². The summed E-state index contributed by atoms with van der Waals surface area (Å²) in [6.45, 7) is -0.0382. The quantitative estimate of drug-likeness (QED) is 0.863. The van der Waals surface area contributed by atoms with Crippen molar-refractivity contribution in [3.63, 3.8) is 0 Å². The van der Waals surface area contributed by atoms with Gasteiger partial charge in [-0.2, -0.15) is 0 Å². The van der Waals surface area contributed by atoms with Crippen molar-refractivity contribution in [1.82, 2.24) is 5.32 Å². The van der Waals surface area contributed by atoms with Crippen LogP contribution in [0, 0.1) is 0 Å². The first kappa shape index (κ1) is 14.1. The number of methoxy groups -OCH3 is 2. The summed E-state index contributed by atoms with van der Waals surface area (Å²) in [5.41, 5.74) is 0.00147. The average molecular weight is 330 g/mol. The zero-order valence-electron chi connectivity index (χ0n) is 10.8. The lowest BCUT2D eigenvalue weighted by Crippen LogP contribution is -2.39. The molecule has 1 aromatic carbocycles. The minimum atomic E-state index is -0.440. The van der Waals surface area contributed by atoms with Crippen LogP contribution in [0.15, 0.2) is 16.6 Å². The maximum Gasteiger partial charge on any atom is 0.252 e. The number of aliphatic hydroxyl groups is 1. The molecule has 0 aromatic heterocycles. The molecule has 1 aromatic rings. The van der Waals surface area contributed by atoms with Crippen LogP contribution in [0.1, 0.15) is 23.2 Å². The summed E-state index contributed by atoms with van der Waals surface area (Å²) in [4.78, 5) is 12.2. The molecule has 1 aliphatic rings. The van der Waals surface area contributed by atoms with E-state index in [1.807, 2.05) is 0 Å². The van der Waals surface area contributed by atoms with E-state index < -0.39 is 5.54 Å². The molecule has 104 valence electrons. The summed E-state index contributed by atoms with van der Waals surface area (Å²) in [6, 6.07) is 3.27. The van der Waals surface area contributed by atoms with Crippen molar-refractivity contribution in [2.75, 3.05) is 20.8 Å². The molecule has 1 amide bonds. The molecular weight excluding hydrogens is 314 g/mol. The van der Waals surface area contributed by atoms with Crippen molar-refractivity contribution in [2.24, 2.45) is 0 Å². The zero-order valence-corrected chi connectivity index (χ0v) is 12.4. The number of nitrogens with one attached hydrogen (secondary N) is 1. The first-order valence-electron chi connectivity index (χ1n) is 5.90. The van der Waals surface area contributed by atoms with E-state index in [0.717, 1.165) is 12.8 Å². The van der Waals surface area contributed by atoms with E-state index in [0.29, 0.717) is 21.5 Å². The number of hydrogen-bond donors (Lipinski definition) is 2. The van der Waals surface area contributed by atoms with Gasteiger partial charge in [-0.3, -0.25) is 4.79 Å². The molecule has 0 heterocycles. The van der Waals surface area contributed by atoms with Crippen LogP contribution in [0.4, 0.5) is 0 Å². The molecule has 0 bridgehead atoms. The Labute approximate surface area is 120 Å². The lowest BCUT2D eigenvalue weighted by atomic mass is 10.1. The van der Waals surface area contributed by atoms with Gasteiger partial charge in [0.05, 0.1) is 26.4 Å². The second-order valence-electron chi connectivity index (χ2n) is 4.59. The highest BCUT2D eigenvalue weighted by atomic mass is 79.9. The smallest absolute Gasteiger partial charge is 0.252 e. The van der Waals surface area contributed by atoms with Crippen LogP contribution < -0.4 is 14.8 Å². The Balaban J connectivity index is 2.26. The molecule has 1 fully saturated rings. The monoisotopic (exact) mass is 329 g/mol. The second-order valence-corrected chi connectivity index (χ2v) is 5.38. The minimum absolute atomic E-state index is 0.0382. The normalized spacial score (nSPS) is 15.8. The van der Waals surface area contributed by atoms with E-state index in [1.165, 1.54) is 14.2 Å². The van der Waals surface area contributed by atoms with Crippen LogP contribution in [-0.2, 0) is 0 Å². The van der Waals surface area contributed by atoms with Crippen LogP contribution in [-0.4, -0.2) is 37.4 Å². The van der Waals surface area contributed by atoms with Gasteiger partial charge in [-0.05, 0) is 40.9 Å². The number of amides is 1. The molecule has 0 spiro atoms. The fourth-order valence-corrected chi connectivity index (χ4v) is 2.34. The molecule has 6 heteroatoms. The molecule has 0 radical (unpaired) electrons. The Morgan fingerprint density at radius 3 is 2.26 bits per heavy atom. The first-order chi connectivity index (χ1) is 9.05. The van der Waals surface area contributed by atoms with Gasteiger partial charge < -0.3 is 19.9 Å². The summed E-state index contributed by atoms with van der Waals surface area (Å²) in [7, 11) is 3.05. The summed E-state index contributed by atoms with van der Waals surface area (Å²) in [6.07, 6.45) is 1.61. The van der Waals surface area contributed by atoms with Crippen molar-refractivity contribution in [1.29, 1.82) is 0 Å². The number of hydrogen-bond acceptors (Lipinski definition) is 4. The molecule has 2 N–H and O–H groups in total. The van der Waals surface area contributed by atoms with Gasteiger partial charge in [0.15, 0.2) is 0 Å². The Kier molecular flexibility index (Phi) is 4.01. The number of aliphatic hydroxyl groups excluding tert-OH is 1. The third kappa shape index (κ3) is 2.84. The van der Waals surface area contributed by atoms with Crippen LogP contribution in [0.3, 0.4) is 0 Å². The predicted molar refractivity (Wildman–Crippen MR) is 73.8 cm³/mol. The summed E-state index contributed by atoms with van der Waals surface area (Å²) < 4.78 is 11.1. The minimum Gasteiger partial charge on any atom is -0.495 e. The highest BCUT2D eigenvalue weighted by Crippen LogP contribution is 2.37. The largest absolute Gasteiger partial charge is 0.495 e. The van der Waals surface area contributed by atoms with Gasteiger partial charge in [-0.25, -0.2) is 0 Å². The number of benzene rings is 1. The molecule has 0 saturated heterocycles. The van der Waals surface area contributed by atoms with Gasteiger partial charge in [0.25, 0.3) is 5.91 Å². The van der Waals surface area contributed by atoms with Crippen molar-refractivity contribution in [3.8, 4) is 11.5 Å². The Bertz CT molecular complexity index is 474. The Hall–Kier alpha value is -1.27. The van der Waals surface area contributed by atoms with Crippen molar-refractivity contribution in [2.45, 2.75) is 18.4 Å². The molecule has 2 rings (SSSR count). The van der Waals surface area contributed by atoms with E-state index in [1.54, 1.807) is 12.1 Å². The molecule has 19 heavy (non-hydrogen) atoms. The number of carbonyl (C=O) groups is 1. The van der Waals surface area contributed by atoms with Gasteiger partial charge >= 0.3 is 0 Å². The Morgan fingerprint density at radius 2 is 1.89 bits per heavy atom. The van der Waals surface area contributed by atoms with Crippen LogP contribution >= 0.6 is 15.9 Å². The van der Waals surface area contributed by atoms with Crippen LogP contribution in [0.25, 0.3) is 0 Å². The van der Waals surface area contributed by atoms with Crippen molar-refractivity contribution < 1.29 is 19.4 Å². The number of ether oxygens (including phenoxy) is 2. The highest BCUT2D eigenvalue weighted by molar-refractivity contribution is 9.10. The van der Waals surface area contributed by atoms with E-state index in [2.05, 4.69) is 21.2 Å². The lowest BCUT2D eigenvalue weighted by Gasteiger charge is -2.16. The van der Waals surface area contributed by atoms with Gasteiger partial charge in [0, 0.05) is 5.56 Å². The molecule has 0 atom stereocenters. The summed E-state index contributed by atoms with van der Waals surface area (Å²) in [5.74, 6) is 0.812. The van der Waals surface area contributed by atoms with E-state index >= 15 is 0 Å². The second kappa shape index (κ2) is 5.38. The topological polar surface area (TPSA) is 67.8 Å². The molecule has 5 nitrogen and oxygen atoms in total. The molecular formula is C13H16BrNO4. The maximum absolute atomic E-state index is 12.2. The Morgan fingerprint density at radius 1 is 1.37 bits per heavy atom. The number of rotatable bonds is 5. The van der Waals surface area contributed by atoms with Crippen molar-refractivity contribution in [3.05, 3.63) is 22.2 Å². The standard InChI is InChI=1S/C13H16BrNO4/c1-18-9-5-8(6-10(19-2)11(9)14)12(17)15-13(7-16)3-4-13/h5-6,16H,3-4,7H2,1-2H3,(H,15,17). The van der Waals surface area contributed by atoms with Gasteiger partial charge in [-0.1, -0.05) is 0 Å². The van der Waals surface area contributed by atoms with Gasteiger partial charge in [-0.15, -0.1) is 0 Å².